The number of hydrogen-bond donors (Lipinski definition) is 2. The number of nitrogens with zero attached hydrogens (tertiary/aromatic N) is 2. The molecule has 9 heteroatoms. The van der Waals surface area contributed by atoms with E-state index >= 15 is 0 Å². The molecule has 210 valence electrons. The summed E-state index contributed by atoms with van der Waals surface area (Å²) in [6.07, 6.45) is 2.48. The molecule has 2 N–H and O–H groups in total. The van der Waals surface area contributed by atoms with Crippen molar-refractivity contribution in [3.05, 3.63) is 65.2 Å². The number of aliphatic carboxylic acids is 1. The predicted molar refractivity (Wildman–Crippen MR) is 144 cm³/mol. The molecule has 1 heterocycles. The topological polar surface area (TPSA) is 72.9 Å². The smallest absolute Gasteiger partial charge is 0.475 e. The SMILES string of the molecule is CCCCCCN1CCCN(Cc2ccc(C(=O)Nc3cccc(CC)c3)cc2)CC1.O=C(O)C(F)(F)F. The average Bonchev–Trinajstić information content (AvgIpc) is 3.12. The first-order valence-electron chi connectivity index (χ1n) is 13.4. The van der Waals surface area contributed by atoms with Gasteiger partial charge in [-0.25, -0.2) is 4.79 Å². The number of carboxylic acids is 1. The number of halogens is 3. The van der Waals surface area contributed by atoms with Crippen LogP contribution in [-0.4, -0.2) is 65.7 Å². The zero-order chi connectivity index (χ0) is 28.0. The Kier molecular flexibility index (Phi) is 13.3. The highest BCUT2D eigenvalue weighted by Gasteiger charge is 2.38. The highest BCUT2D eigenvalue weighted by Crippen LogP contribution is 2.15. The molecule has 0 bridgehead atoms. The molecule has 0 radical (unpaired) electrons. The van der Waals surface area contributed by atoms with Crippen LogP contribution in [0.2, 0.25) is 0 Å². The van der Waals surface area contributed by atoms with Crippen LogP contribution in [-0.2, 0) is 17.8 Å². The second-order valence-corrected chi connectivity index (χ2v) is 9.54. The van der Waals surface area contributed by atoms with Crippen LogP contribution in [0.5, 0.6) is 0 Å². The van der Waals surface area contributed by atoms with Gasteiger partial charge < -0.3 is 15.3 Å². The number of amides is 1. The fraction of sp³-hybridized carbons (Fsp3) is 0.517. The van der Waals surface area contributed by atoms with E-state index in [4.69, 9.17) is 9.90 Å². The van der Waals surface area contributed by atoms with E-state index in [-0.39, 0.29) is 5.91 Å². The number of nitrogens with one attached hydrogen (secondary N) is 1. The minimum Gasteiger partial charge on any atom is -0.475 e. The molecule has 2 aromatic rings. The van der Waals surface area contributed by atoms with E-state index in [1.807, 2.05) is 30.3 Å². The summed E-state index contributed by atoms with van der Waals surface area (Å²) in [5.74, 6) is -2.80. The summed E-state index contributed by atoms with van der Waals surface area (Å²) in [6.45, 7) is 11.3. The summed E-state index contributed by atoms with van der Waals surface area (Å²) in [4.78, 5) is 26.7. The molecule has 0 unspecified atom stereocenters. The molecule has 0 aromatic heterocycles. The third-order valence-electron chi connectivity index (χ3n) is 6.47. The molecule has 6 nitrogen and oxygen atoms in total. The molecule has 1 saturated heterocycles. The van der Waals surface area contributed by atoms with Crippen molar-refractivity contribution in [2.45, 2.75) is 65.1 Å². The number of rotatable bonds is 10. The van der Waals surface area contributed by atoms with Crippen molar-refractivity contribution in [3.63, 3.8) is 0 Å². The maximum atomic E-state index is 12.6. The van der Waals surface area contributed by atoms with Crippen molar-refractivity contribution in [1.29, 1.82) is 0 Å². The van der Waals surface area contributed by atoms with E-state index in [0.29, 0.717) is 5.56 Å². The van der Waals surface area contributed by atoms with Gasteiger partial charge in [0.05, 0.1) is 0 Å². The number of benzene rings is 2. The van der Waals surface area contributed by atoms with Crippen LogP contribution in [0.4, 0.5) is 18.9 Å². The number of anilines is 1. The van der Waals surface area contributed by atoms with Crippen molar-refractivity contribution in [3.8, 4) is 0 Å². The molecule has 3 rings (SSSR count). The van der Waals surface area contributed by atoms with E-state index in [1.165, 1.54) is 62.9 Å². The molecule has 1 aliphatic rings. The Hall–Kier alpha value is -2.91. The van der Waals surface area contributed by atoms with Crippen LogP contribution in [0, 0.1) is 0 Å². The maximum Gasteiger partial charge on any atom is 0.490 e. The average molecular weight is 536 g/mol. The van der Waals surface area contributed by atoms with Crippen LogP contribution < -0.4 is 5.32 Å². The molecule has 0 atom stereocenters. The number of carbonyl (C=O) groups is 2. The number of hydrogen-bond acceptors (Lipinski definition) is 4. The van der Waals surface area contributed by atoms with Gasteiger partial charge >= 0.3 is 12.1 Å². The van der Waals surface area contributed by atoms with Crippen molar-refractivity contribution < 1.29 is 27.9 Å². The fourth-order valence-corrected chi connectivity index (χ4v) is 4.26. The summed E-state index contributed by atoms with van der Waals surface area (Å²) in [5, 5.41) is 10.1. The van der Waals surface area contributed by atoms with Crippen molar-refractivity contribution in [2.75, 3.05) is 38.0 Å². The molecule has 0 saturated carbocycles. The zero-order valence-electron chi connectivity index (χ0n) is 22.4. The third kappa shape index (κ3) is 11.6. The lowest BCUT2D eigenvalue weighted by atomic mass is 10.1. The molecule has 38 heavy (non-hydrogen) atoms. The lowest BCUT2D eigenvalue weighted by Gasteiger charge is -2.22. The maximum absolute atomic E-state index is 12.6. The Labute approximate surface area is 223 Å². The lowest BCUT2D eigenvalue weighted by molar-refractivity contribution is -0.192. The van der Waals surface area contributed by atoms with Gasteiger partial charge in [-0.3, -0.25) is 9.69 Å². The molecular formula is C29H40F3N3O3. The molecule has 1 fully saturated rings. The van der Waals surface area contributed by atoms with Crippen molar-refractivity contribution in [1.82, 2.24) is 9.80 Å². The minimum absolute atomic E-state index is 0.0479. The van der Waals surface area contributed by atoms with E-state index in [0.717, 1.165) is 31.7 Å². The Morgan fingerprint density at radius 3 is 2.18 bits per heavy atom. The molecule has 0 spiro atoms. The number of carboxylic acid groups (broad SMARTS) is 1. The summed E-state index contributed by atoms with van der Waals surface area (Å²) >= 11 is 0. The zero-order valence-corrected chi connectivity index (χ0v) is 22.4. The first-order valence-corrected chi connectivity index (χ1v) is 13.4. The molecular weight excluding hydrogens is 495 g/mol. The van der Waals surface area contributed by atoms with Crippen molar-refractivity contribution >= 4 is 17.6 Å². The summed E-state index contributed by atoms with van der Waals surface area (Å²) in [5.41, 5.74) is 4.07. The Balaban J connectivity index is 0.000000638. The van der Waals surface area contributed by atoms with Gasteiger partial charge in [0.2, 0.25) is 0 Å². The van der Waals surface area contributed by atoms with Gasteiger partial charge in [0.1, 0.15) is 0 Å². The quantitative estimate of drug-likeness (QED) is 0.353. The normalized spacial score (nSPS) is 14.8. The highest BCUT2D eigenvalue weighted by atomic mass is 19.4. The number of aryl methyl sites for hydroxylation is 1. The van der Waals surface area contributed by atoms with Crippen LogP contribution in [0.15, 0.2) is 48.5 Å². The number of unbranched alkanes of at least 4 members (excludes halogenated alkanes) is 3. The summed E-state index contributed by atoms with van der Waals surface area (Å²) in [6, 6.07) is 16.2. The van der Waals surface area contributed by atoms with E-state index in [2.05, 4.69) is 47.2 Å². The minimum atomic E-state index is -5.08. The first-order chi connectivity index (χ1) is 18.1. The molecule has 1 amide bonds. The molecule has 0 aliphatic carbocycles. The van der Waals surface area contributed by atoms with Gasteiger partial charge in [0.15, 0.2) is 0 Å². The number of carbonyl (C=O) groups excluding carboxylic acids is 1. The number of alkyl halides is 3. The third-order valence-corrected chi connectivity index (χ3v) is 6.47. The molecule has 2 aromatic carbocycles. The largest absolute Gasteiger partial charge is 0.490 e. The van der Waals surface area contributed by atoms with Crippen molar-refractivity contribution in [2.24, 2.45) is 0 Å². The Bertz CT molecular complexity index is 997. The van der Waals surface area contributed by atoms with Gasteiger partial charge in [0, 0.05) is 30.9 Å². The summed E-state index contributed by atoms with van der Waals surface area (Å²) < 4.78 is 31.7. The van der Waals surface area contributed by atoms with E-state index < -0.39 is 12.1 Å². The van der Waals surface area contributed by atoms with Crippen LogP contribution in [0.25, 0.3) is 0 Å². The second-order valence-electron chi connectivity index (χ2n) is 9.54. The van der Waals surface area contributed by atoms with Gasteiger partial charge in [-0.2, -0.15) is 13.2 Å². The first kappa shape index (κ1) is 31.3. The van der Waals surface area contributed by atoms with Gasteiger partial charge in [0.25, 0.3) is 5.91 Å². The second kappa shape index (κ2) is 16.1. The monoisotopic (exact) mass is 535 g/mol. The van der Waals surface area contributed by atoms with Crippen LogP contribution in [0.1, 0.15) is 67.4 Å². The van der Waals surface area contributed by atoms with E-state index in [1.54, 1.807) is 0 Å². The van der Waals surface area contributed by atoms with E-state index in [9.17, 15) is 18.0 Å². The lowest BCUT2D eigenvalue weighted by Crippen LogP contribution is -2.31. The highest BCUT2D eigenvalue weighted by molar-refractivity contribution is 6.04. The Morgan fingerprint density at radius 1 is 0.895 bits per heavy atom. The predicted octanol–water partition coefficient (Wildman–Crippen LogP) is 6.22. The molecule has 1 aliphatic heterocycles. The van der Waals surface area contributed by atoms with Crippen LogP contribution in [0.3, 0.4) is 0 Å². The standard InChI is InChI=1S/C27H39N3O.C2HF3O2/c1-3-5-6-7-16-29-17-9-18-30(20-19-29)22-24-12-14-25(15-13-24)27(31)28-26-11-8-10-23(4-2)21-26;3-2(4,5)1(6)7/h8,10-15,21H,3-7,9,16-20,22H2,1-2H3,(H,28,31);(H,6,7). The summed E-state index contributed by atoms with van der Waals surface area (Å²) in [7, 11) is 0. The van der Waals surface area contributed by atoms with Gasteiger partial charge in [-0.1, -0.05) is 57.4 Å². The Morgan fingerprint density at radius 2 is 1.55 bits per heavy atom. The van der Waals surface area contributed by atoms with Gasteiger partial charge in [-0.15, -0.1) is 0 Å². The van der Waals surface area contributed by atoms with Crippen LogP contribution >= 0.6 is 0 Å². The fourth-order valence-electron chi connectivity index (χ4n) is 4.26. The van der Waals surface area contributed by atoms with Gasteiger partial charge in [-0.05, 0) is 74.3 Å².